The number of rotatable bonds is 0. The van der Waals surface area contributed by atoms with E-state index in [4.69, 9.17) is 0 Å². The van der Waals surface area contributed by atoms with E-state index in [9.17, 15) is 4.21 Å². The molecule has 8 heavy (non-hydrogen) atoms. The van der Waals surface area contributed by atoms with Crippen LogP contribution >= 0.6 is 0 Å². The molecule has 2 heteroatoms. The minimum absolute atomic E-state index is 0.410. The van der Waals surface area contributed by atoms with Crippen molar-refractivity contribution >= 4 is 10.8 Å². The van der Waals surface area contributed by atoms with Crippen molar-refractivity contribution in [3.8, 4) is 0 Å². The Labute approximate surface area is 51.9 Å². The molecule has 0 unspecified atom stereocenters. The Kier molecular flexibility index (Phi) is 0.840. The summed E-state index contributed by atoms with van der Waals surface area (Å²) in [5.41, 5.74) is 0.616. The van der Waals surface area contributed by atoms with Gasteiger partial charge in [-0.2, -0.15) is 0 Å². The average Bonchev–Trinajstić information content (AvgIpc) is 1.51. The normalized spacial score (nSPS) is 34.0. The van der Waals surface area contributed by atoms with Crippen LogP contribution in [0.1, 0.15) is 19.3 Å². The zero-order chi connectivity index (χ0) is 5.61. The molecule has 1 aliphatic carbocycles. The van der Waals surface area contributed by atoms with Crippen LogP contribution in [0.25, 0.3) is 0 Å². The lowest BCUT2D eigenvalue weighted by Crippen LogP contribution is -2.49. The first kappa shape index (κ1) is 4.98. The summed E-state index contributed by atoms with van der Waals surface area (Å²) < 4.78 is 10.6. The molecule has 1 saturated heterocycles. The third-order valence-electron chi connectivity index (χ3n) is 2.35. The van der Waals surface area contributed by atoms with Gasteiger partial charge in [-0.15, -0.1) is 0 Å². The summed E-state index contributed by atoms with van der Waals surface area (Å²) in [6.45, 7) is 0. The van der Waals surface area contributed by atoms with Gasteiger partial charge in [0.2, 0.25) is 0 Å². The van der Waals surface area contributed by atoms with E-state index in [1.165, 1.54) is 19.3 Å². The van der Waals surface area contributed by atoms with Crippen molar-refractivity contribution < 1.29 is 4.21 Å². The van der Waals surface area contributed by atoms with Gasteiger partial charge >= 0.3 is 0 Å². The van der Waals surface area contributed by atoms with Crippen LogP contribution in [0.4, 0.5) is 0 Å². The number of hydrogen-bond acceptors (Lipinski definition) is 1. The van der Waals surface area contributed by atoms with Gasteiger partial charge in [0.05, 0.1) is 0 Å². The molecule has 0 N–H and O–H groups in total. The first-order valence-corrected chi connectivity index (χ1v) is 4.65. The minimum atomic E-state index is -0.410. The second kappa shape index (κ2) is 1.35. The lowest BCUT2D eigenvalue weighted by molar-refractivity contribution is 0.181. The van der Waals surface area contributed by atoms with Crippen LogP contribution in [0, 0.1) is 5.41 Å². The molecule has 1 saturated carbocycles. The van der Waals surface area contributed by atoms with Crippen molar-refractivity contribution in [1.29, 1.82) is 0 Å². The van der Waals surface area contributed by atoms with Crippen LogP contribution in [0.5, 0.6) is 0 Å². The highest BCUT2D eigenvalue weighted by Crippen LogP contribution is 2.47. The molecule has 0 amide bonds. The molecule has 1 heterocycles. The van der Waals surface area contributed by atoms with Crippen molar-refractivity contribution in [2.24, 2.45) is 5.41 Å². The van der Waals surface area contributed by atoms with Crippen LogP contribution in [-0.4, -0.2) is 15.7 Å². The summed E-state index contributed by atoms with van der Waals surface area (Å²) in [6, 6.07) is 0. The molecule has 2 rings (SSSR count). The maximum absolute atomic E-state index is 10.6. The zero-order valence-electron chi connectivity index (χ0n) is 4.85. The third-order valence-corrected chi connectivity index (χ3v) is 4.22. The number of hydrogen-bond donors (Lipinski definition) is 0. The lowest BCUT2D eigenvalue weighted by Gasteiger charge is -2.48. The van der Waals surface area contributed by atoms with Crippen molar-refractivity contribution in [2.75, 3.05) is 11.5 Å². The van der Waals surface area contributed by atoms with E-state index in [1.807, 2.05) is 0 Å². The molecule has 0 aromatic heterocycles. The van der Waals surface area contributed by atoms with Crippen LogP contribution in [-0.2, 0) is 10.8 Å². The molecule has 0 bridgehead atoms. The molecule has 1 nitrogen and oxygen atoms in total. The second-order valence-corrected chi connectivity index (χ2v) is 4.54. The molecule has 0 aromatic carbocycles. The summed E-state index contributed by atoms with van der Waals surface area (Å²) >= 11 is 0. The van der Waals surface area contributed by atoms with Crippen molar-refractivity contribution in [3.63, 3.8) is 0 Å². The second-order valence-electron chi connectivity index (χ2n) is 3.08. The van der Waals surface area contributed by atoms with Gasteiger partial charge in [-0.05, 0) is 18.3 Å². The Balaban J connectivity index is 2.01. The monoisotopic (exact) mass is 130 g/mol. The standard InChI is InChI=1S/C6H10OS/c7-8-4-6(5-8)2-1-3-6/h1-5H2. The summed E-state index contributed by atoms with van der Waals surface area (Å²) in [5, 5.41) is 0. The first-order chi connectivity index (χ1) is 3.81. The van der Waals surface area contributed by atoms with E-state index in [2.05, 4.69) is 0 Å². The van der Waals surface area contributed by atoms with E-state index in [-0.39, 0.29) is 0 Å². The van der Waals surface area contributed by atoms with E-state index in [1.54, 1.807) is 0 Å². The fourth-order valence-corrected chi connectivity index (χ4v) is 3.47. The molecule has 46 valence electrons. The molecule has 0 aromatic rings. The quantitative estimate of drug-likeness (QED) is 0.476. The predicted molar refractivity (Wildman–Crippen MR) is 34.2 cm³/mol. The molecule has 1 aliphatic heterocycles. The predicted octanol–water partition coefficient (Wildman–Crippen LogP) is 0.919. The van der Waals surface area contributed by atoms with Crippen molar-refractivity contribution in [1.82, 2.24) is 0 Å². The fourth-order valence-electron chi connectivity index (χ4n) is 1.61. The SMILES string of the molecule is O=S1CC2(CCC2)C1. The highest BCUT2D eigenvalue weighted by Gasteiger charge is 2.46. The zero-order valence-corrected chi connectivity index (χ0v) is 5.67. The Morgan fingerprint density at radius 3 is 2.00 bits per heavy atom. The van der Waals surface area contributed by atoms with E-state index >= 15 is 0 Å². The summed E-state index contributed by atoms with van der Waals surface area (Å²) in [4.78, 5) is 0. The molecule has 2 aliphatic rings. The van der Waals surface area contributed by atoms with Crippen LogP contribution in [0.15, 0.2) is 0 Å². The molecule has 1 spiro atoms. The van der Waals surface area contributed by atoms with Crippen molar-refractivity contribution in [2.45, 2.75) is 19.3 Å². The van der Waals surface area contributed by atoms with Crippen LogP contribution < -0.4 is 0 Å². The topological polar surface area (TPSA) is 17.1 Å². The Hall–Kier alpha value is 0.150. The maximum atomic E-state index is 10.6. The van der Waals surface area contributed by atoms with Gasteiger partial charge in [0.25, 0.3) is 0 Å². The fraction of sp³-hybridized carbons (Fsp3) is 1.00. The van der Waals surface area contributed by atoms with Gasteiger partial charge in [-0.3, -0.25) is 4.21 Å². The van der Waals surface area contributed by atoms with E-state index < -0.39 is 10.8 Å². The van der Waals surface area contributed by atoms with Gasteiger partial charge in [0, 0.05) is 22.3 Å². The van der Waals surface area contributed by atoms with Gasteiger partial charge in [-0.1, -0.05) is 6.42 Å². The summed E-state index contributed by atoms with van der Waals surface area (Å²) in [7, 11) is -0.410. The molecule has 0 radical (unpaired) electrons. The van der Waals surface area contributed by atoms with Gasteiger partial charge in [-0.25, -0.2) is 0 Å². The van der Waals surface area contributed by atoms with E-state index in [0.717, 1.165) is 11.5 Å². The summed E-state index contributed by atoms with van der Waals surface area (Å²) in [6.07, 6.45) is 4.11. The lowest BCUT2D eigenvalue weighted by atomic mass is 9.71. The smallest absolute Gasteiger partial charge is 0.0300 e. The Morgan fingerprint density at radius 2 is 1.88 bits per heavy atom. The van der Waals surface area contributed by atoms with Crippen LogP contribution in [0.3, 0.4) is 0 Å². The summed E-state index contributed by atoms with van der Waals surface area (Å²) in [5.74, 6) is 2.04. The maximum Gasteiger partial charge on any atom is 0.0300 e. The van der Waals surface area contributed by atoms with E-state index in [0.29, 0.717) is 5.41 Å². The van der Waals surface area contributed by atoms with Crippen molar-refractivity contribution in [3.05, 3.63) is 0 Å². The largest absolute Gasteiger partial charge is 0.260 e. The molecular formula is C6H10OS. The van der Waals surface area contributed by atoms with Gasteiger partial charge in [0.15, 0.2) is 0 Å². The molecule has 2 fully saturated rings. The van der Waals surface area contributed by atoms with Gasteiger partial charge in [0.1, 0.15) is 0 Å². The minimum Gasteiger partial charge on any atom is -0.260 e. The Morgan fingerprint density at radius 1 is 1.25 bits per heavy atom. The average molecular weight is 130 g/mol. The first-order valence-electron chi connectivity index (χ1n) is 3.16. The molecular weight excluding hydrogens is 120 g/mol. The van der Waals surface area contributed by atoms with Crippen LogP contribution in [0.2, 0.25) is 0 Å². The Bertz CT molecular complexity index is 127. The third kappa shape index (κ3) is 0.495. The highest BCUT2D eigenvalue weighted by atomic mass is 32.2. The van der Waals surface area contributed by atoms with Gasteiger partial charge < -0.3 is 0 Å². The molecule has 0 atom stereocenters. The highest BCUT2D eigenvalue weighted by molar-refractivity contribution is 7.86.